The first-order chi connectivity index (χ1) is 11.7. The molecule has 6 nitrogen and oxygen atoms in total. The third kappa shape index (κ3) is 6.65. The van der Waals surface area contributed by atoms with E-state index in [9.17, 15) is 9.59 Å². The van der Waals surface area contributed by atoms with Gasteiger partial charge in [0.25, 0.3) is 0 Å². The van der Waals surface area contributed by atoms with Crippen LogP contribution in [0.4, 0.5) is 10.5 Å². The number of carbonyl (C=O) groups is 2. The van der Waals surface area contributed by atoms with Gasteiger partial charge in [0.2, 0.25) is 5.91 Å². The summed E-state index contributed by atoms with van der Waals surface area (Å²) in [6, 6.07) is 2.91. The van der Waals surface area contributed by atoms with Gasteiger partial charge in [0.05, 0.1) is 11.9 Å². The van der Waals surface area contributed by atoms with E-state index >= 15 is 0 Å². The molecule has 1 aromatic rings. The summed E-state index contributed by atoms with van der Waals surface area (Å²) in [7, 11) is 0. The standard InChI is InChI=1S/C18H26BrN3O3/c1-18(2,3)25-17(24)22-15(12-7-5-4-6-8-12)16(23)21-13-9-10-14(19)20-11-13/h9-12,15H,4-8H2,1-3H3,(H,21,23)(H,22,24). The van der Waals surface area contributed by atoms with E-state index in [1.807, 2.05) is 0 Å². The molecule has 1 aromatic heterocycles. The summed E-state index contributed by atoms with van der Waals surface area (Å²) in [4.78, 5) is 29.1. The lowest BCUT2D eigenvalue weighted by molar-refractivity contribution is -0.119. The lowest BCUT2D eigenvalue weighted by Crippen LogP contribution is -2.50. The van der Waals surface area contributed by atoms with Crippen LogP contribution in [0, 0.1) is 5.92 Å². The third-order valence-electron chi connectivity index (χ3n) is 4.07. The number of nitrogens with zero attached hydrogens (tertiary/aromatic N) is 1. The van der Waals surface area contributed by atoms with Crippen molar-refractivity contribution in [3.05, 3.63) is 22.9 Å². The van der Waals surface area contributed by atoms with Gasteiger partial charge in [-0.3, -0.25) is 4.79 Å². The van der Waals surface area contributed by atoms with Crippen molar-refractivity contribution < 1.29 is 14.3 Å². The second-order valence-corrected chi connectivity index (χ2v) is 8.19. The highest BCUT2D eigenvalue weighted by Crippen LogP contribution is 2.27. The van der Waals surface area contributed by atoms with Crippen molar-refractivity contribution in [2.75, 3.05) is 5.32 Å². The Balaban J connectivity index is 2.08. The molecule has 1 fully saturated rings. The van der Waals surface area contributed by atoms with E-state index in [4.69, 9.17) is 4.74 Å². The number of pyridine rings is 1. The predicted molar refractivity (Wildman–Crippen MR) is 100 cm³/mol. The second-order valence-electron chi connectivity index (χ2n) is 7.38. The molecule has 1 atom stereocenters. The van der Waals surface area contributed by atoms with Crippen molar-refractivity contribution in [1.82, 2.24) is 10.3 Å². The minimum Gasteiger partial charge on any atom is -0.444 e. The Kier molecular flexibility index (Phi) is 6.81. The van der Waals surface area contributed by atoms with E-state index in [1.165, 1.54) is 6.42 Å². The molecule has 2 rings (SSSR count). The van der Waals surface area contributed by atoms with Gasteiger partial charge in [-0.2, -0.15) is 0 Å². The Morgan fingerprint density at radius 1 is 1.24 bits per heavy atom. The number of aromatic nitrogens is 1. The molecule has 0 radical (unpaired) electrons. The van der Waals surface area contributed by atoms with Crippen LogP contribution in [0.5, 0.6) is 0 Å². The van der Waals surface area contributed by atoms with E-state index in [2.05, 4.69) is 31.5 Å². The molecule has 0 bridgehead atoms. The highest BCUT2D eigenvalue weighted by atomic mass is 79.9. The molecular weight excluding hydrogens is 386 g/mol. The normalized spacial score (nSPS) is 16.8. The van der Waals surface area contributed by atoms with Crippen LogP contribution < -0.4 is 10.6 Å². The molecule has 1 aliphatic carbocycles. The van der Waals surface area contributed by atoms with Crippen LogP contribution in [0.25, 0.3) is 0 Å². The van der Waals surface area contributed by atoms with Crippen molar-refractivity contribution in [3.8, 4) is 0 Å². The first-order valence-corrected chi connectivity index (χ1v) is 9.46. The summed E-state index contributed by atoms with van der Waals surface area (Å²) in [6.07, 6.45) is 6.18. The van der Waals surface area contributed by atoms with Crippen LogP contribution in [-0.4, -0.2) is 28.6 Å². The summed E-state index contributed by atoms with van der Waals surface area (Å²) in [6.45, 7) is 5.40. The molecule has 1 heterocycles. The van der Waals surface area contributed by atoms with Crippen LogP contribution in [0.1, 0.15) is 52.9 Å². The number of nitrogens with one attached hydrogen (secondary N) is 2. The zero-order valence-corrected chi connectivity index (χ0v) is 16.6. The monoisotopic (exact) mass is 411 g/mol. The summed E-state index contributed by atoms with van der Waals surface area (Å²) in [5.74, 6) is -0.119. The molecule has 1 saturated carbocycles. The first-order valence-electron chi connectivity index (χ1n) is 8.66. The van der Waals surface area contributed by atoms with E-state index < -0.39 is 17.7 Å². The fourth-order valence-corrected chi connectivity index (χ4v) is 3.20. The minimum atomic E-state index is -0.612. The summed E-state index contributed by atoms with van der Waals surface area (Å²) in [5.41, 5.74) is -0.00665. The molecule has 0 saturated heterocycles. The summed E-state index contributed by atoms with van der Waals surface area (Å²) < 4.78 is 6.02. The molecule has 2 amide bonds. The number of halogens is 1. The Morgan fingerprint density at radius 2 is 1.92 bits per heavy atom. The maximum Gasteiger partial charge on any atom is 0.408 e. The molecular formula is C18H26BrN3O3. The van der Waals surface area contributed by atoms with Crippen molar-refractivity contribution in [1.29, 1.82) is 0 Å². The van der Waals surface area contributed by atoms with Gasteiger partial charge in [0, 0.05) is 0 Å². The van der Waals surface area contributed by atoms with Gasteiger partial charge in [-0.05, 0) is 67.6 Å². The fourth-order valence-electron chi connectivity index (χ4n) is 2.97. The molecule has 138 valence electrons. The quantitative estimate of drug-likeness (QED) is 0.725. The largest absolute Gasteiger partial charge is 0.444 e. The van der Waals surface area contributed by atoms with Crippen LogP contribution in [-0.2, 0) is 9.53 Å². The molecule has 0 aromatic carbocycles. The smallest absolute Gasteiger partial charge is 0.408 e. The van der Waals surface area contributed by atoms with E-state index in [0.717, 1.165) is 25.7 Å². The summed E-state index contributed by atoms with van der Waals surface area (Å²) >= 11 is 3.27. The van der Waals surface area contributed by atoms with Crippen LogP contribution in [0.15, 0.2) is 22.9 Å². The number of hydrogen-bond donors (Lipinski definition) is 2. The van der Waals surface area contributed by atoms with Crippen molar-refractivity contribution in [2.45, 2.75) is 64.5 Å². The fraction of sp³-hybridized carbons (Fsp3) is 0.611. The number of alkyl carbamates (subject to hydrolysis) is 1. The number of hydrogen-bond acceptors (Lipinski definition) is 4. The van der Waals surface area contributed by atoms with Crippen LogP contribution in [0.2, 0.25) is 0 Å². The Morgan fingerprint density at radius 3 is 2.48 bits per heavy atom. The van der Waals surface area contributed by atoms with Gasteiger partial charge in [-0.25, -0.2) is 9.78 Å². The molecule has 25 heavy (non-hydrogen) atoms. The topological polar surface area (TPSA) is 80.3 Å². The van der Waals surface area contributed by atoms with Gasteiger partial charge in [0.15, 0.2) is 0 Å². The number of ether oxygens (including phenoxy) is 1. The Bertz CT molecular complexity index is 593. The Hall–Kier alpha value is -1.63. The summed E-state index contributed by atoms with van der Waals surface area (Å²) in [5, 5.41) is 5.61. The lowest BCUT2D eigenvalue weighted by atomic mass is 9.83. The predicted octanol–water partition coefficient (Wildman–Crippen LogP) is 4.26. The van der Waals surface area contributed by atoms with Crippen molar-refractivity contribution >= 4 is 33.6 Å². The first kappa shape index (κ1) is 19.7. The molecule has 0 aliphatic heterocycles. The lowest BCUT2D eigenvalue weighted by Gasteiger charge is -2.31. The maximum absolute atomic E-state index is 12.8. The number of amides is 2. The SMILES string of the molecule is CC(C)(C)OC(=O)NC(C(=O)Nc1ccc(Br)nc1)C1CCCCC1. The molecule has 2 N–H and O–H groups in total. The number of anilines is 1. The molecule has 0 spiro atoms. The second kappa shape index (κ2) is 8.65. The minimum absolute atomic E-state index is 0.115. The van der Waals surface area contributed by atoms with Gasteiger partial charge in [-0.15, -0.1) is 0 Å². The average molecular weight is 412 g/mol. The van der Waals surface area contributed by atoms with E-state index in [1.54, 1.807) is 39.1 Å². The highest BCUT2D eigenvalue weighted by Gasteiger charge is 2.32. The van der Waals surface area contributed by atoms with Gasteiger partial charge in [-0.1, -0.05) is 19.3 Å². The molecule has 1 aliphatic rings. The van der Waals surface area contributed by atoms with Gasteiger partial charge in [0.1, 0.15) is 16.2 Å². The zero-order valence-electron chi connectivity index (χ0n) is 15.0. The number of rotatable bonds is 4. The maximum atomic E-state index is 12.8. The Labute approximate surface area is 157 Å². The number of carbonyl (C=O) groups excluding carboxylic acids is 2. The van der Waals surface area contributed by atoms with E-state index in [0.29, 0.717) is 10.3 Å². The van der Waals surface area contributed by atoms with Crippen LogP contribution >= 0.6 is 15.9 Å². The van der Waals surface area contributed by atoms with Crippen molar-refractivity contribution in [3.63, 3.8) is 0 Å². The molecule has 7 heteroatoms. The van der Waals surface area contributed by atoms with Gasteiger partial charge >= 0.3 is 6.09 Å². The molecule has 1 unspecified atom stereocenters. The van der Waals surface area contributed by atoms with Gasteiger partial charge < -0.3 is 15.4 Å². The van der Waals surface area contributed by atoms with Crippen molar-refractivity contribution in [2.24, 2.45) is 5.92 Å². The average Bonchev–Trinajstić information content (AvgIpc) is 2.54. The van der Waals surface area contributed by atoms with E-state index in [-0.39, 0.29) is 11.8 Å². The third-order valence-corrected chi connectivity index (χ3v) is 4.54. The highest BCUT2D eigenvalue weighted by molar-refractivity contribution is 9.10. The van der Waals surface area contributed by atoms with Crippen LogP contribution in [0.3, 0.4) is 0 Å². The zero-order chi connectivity index (χ0) is 18.4.